The normalized spacial score (nSPS) is 39.4. The van der Waals surface area contributed by atoms with Crippen molar-refractivity contribution in [3.63, 3.8) is 0 Å². The summed E-state index contributed by atoms with van der Waals surface area (Å²) in [5.74, 6) is 1.52. The molecule has 0 saturated heterocycles. The van der Waals surface area contributed by atoms with E-state index in [1.807, 2.05) is 6.92 Å². The van der Waals surface area contributed by atoms with Gasteiger partial charge < -0.3 is 10.1 Å². The van der Waals surface area contributed by atoms with Gasteiger partial charge in [0.05, 0.1) is 12.5 Å². The monoisotopic (exact) mass is 251 g/mol. The maximum absolute atomic E-state index is 12.2. The standard InChI is InChI=1S/C15H25NO2/c1-2-18-15(17)13-10-7-8-11(9-10)14(13)16-12-5-3-4-6-12/h10-14,16H,2-9H2,1H3/t10-,11+,13+,14-/m0/s1. The molecule has 3 fully saturated rings. The average Bonchev–Trinajstić information content (AvgIpc) is 3.04. The third-order valence-electron chi connectivity index (χ3n) is 5.26. The molecule has 18 heavy (non-hydrogen) atoms. The van der Waals surface area contributed by atoms with Crippen LogP contribution >= 0.6 is 0 Å². The van der Waals surface area contributed by atoms with Crippen LogP contribution in [0.5, 0.6) is 0 Å². The molecule has 4 atom stereocenters. The first-order chi connectivity index (χ1) is 8.79. The number of rotatable bonds is 4. The Morgan fingerprint density at radius 3 is 2.61 bits per heavy atom. The van der Waals surface area contributed by atoms with Crippen LogP contribution < -0.4 is 5.32 Å². The Balaban J connectivity index is 1.67. The van der Waals surface area contributed by atoms with E-state index in [4.69, 9.17) is 4.74 Å². The van der Waals surface area contributed by atoms with Crippen molar-refractivity contribution in [1.29, 1.82) is 0 Å². The maximum Gasteiger partial charge on any atom is 0.310 e. The first kappa shape index (κ1) is 12.5. The van der Waals surface area contributed by atoms with Gasteiger partial charge >= 0.3 is 5.97 Å². The van der Waals surface area contributed by atoms with Gasteiger partial charge in [0.15, 0.2) is 0 Å². The van der Waals surface area contributed by atoms with Gasteiger partial charge in [-0.2, -0.15) is 0 Å². The van der Waals surface area contributed by atoms with E-state index in [0.29, 0.717) is 24.6 Å². The highest BCUT2D eigenvalue weighted by Crippen LogP contribution is 2.49. The fourth-order valence-electron chi connectivity index (χ4n) is 4.47. The molecular formula is C15H25NO2. The van der Waals surface area contributed by atoms with Crippen LogP contribution in [0.25, 0.3) is 0 Å². The second kappa shape index (κ2) is 5.20. The highest BCUT2D eigenvalue weighted by Gasteiger charge is 2.51. The summed E-state index contributed by atoms with van der Waals surface area (Å²) in [4.78, 5) is 12.2. The zero-order valence-electron chi connectivity index (χ0n) is 11.4. The van der Waals surface area contributed by atoms with E-state index in [1.165, 1.54) is 44.9 Å². The molecule has 3 nitrogen and oxygen atoms in total. The molecule has 0 amide bonds. The minimum Gasteiger partial charge on any atom is -0.466 e. The smallest absolute Gasteiger partial charge is 0.310 e. The number of nitrogens with one attached hydrogen (secondary N) is 1. The largest absolute Gasteiger partial charge is 0.466 e. The van der Waals surface area contributed by atoms with Crippen LogP contribution in [0.3, 0.4) is 0 Å². The van der Waals surface area contributed by atoms with E-state index < -0.39 is 0 Å². The fourth-order valence-corrected chi connectivity index (χ4v) is 4.47. The second-order valence-corrected chi connectivity index (χ2v) is 6.28. The topological polar surface area (TPSA) is 38.3 Å². The molecular weight excluding hydrogens is 226 g/mol. The van der Waals surface area contributed by atoms with Crippen molar-refractivity contribution in [2.24, 2.45) is 17.8 Å². The Hall–Kier alpha value is -0.570. The van der Waals surface area contributed by atoms with Gasteiger partial charge in [0, 0.05) is 12.1 Å². The Morgan fingerprint density at radius 2 is 1.89 bits per heavy atom. The molecule has 1 N–H and O–H groups in total. The number of hydrogen-bond acceptors (Lipinski definition) is 3. The first-order valence-electron chi connectivity index (χ1n) is 7.72. The summed E-state index contributed by atoms with van der Waals surface area (Å²) in [6.45, 7) is 2.42. The van der Waals surface area contributed by atoms with Crippen molar-refractivity contribution >= 4 is 5.97 Å². The Morgan fingerprint density at radius 1 is 1.17 bits per heavy atom. The number of carbonyl (C=O) groups is 1. The Bertz CT molecular complexity index is 312. The van der Waals surface area contributed by atoms with Gasteiger partial charge in [0.25, 0.3) is 0 Å². The molecule has 0 radical (unpaired) electrons. The highest BCUT2D eigenvalue weighted by atomic mass is 16.5. The molecule has 0 aromatic heterocycles. The van der Waals surface area contributed by atoms with E-state index in [0.717, 1.165) is 5.92 Å². The van der Waals surface area contributed by atoms with Crippen molar-refractivity contribution in [1.82, 2.24) is 5.32 Å². The van der Waals surface area contributed by atoms with Crippen LogP contribution in [0.2, 0.25) is 0 Å². The summed E-state index contributed by atoms with van der Waals surface area (Å²) in [5, 5.41) is 3.80. The van der Waals surface area contributed by atoms with Crippen molar-refractivity contribution < 1.29 is 9.53 Å². The summed E-state index contributed by atoms with van der Waals surface area (Å²) >= 11 is 0. The van der Waals surface area contributed by atoms with E-state index in [-0.39, 0.29) is 11.9 Å². The average molecular weight is 251 g/mol. The number of hydrogen-bond donors (Lipinski definition) is 1. The zero-order valence-corrected chi connectivity index (χ0v) is 11.4. The van der Waals surface area contributed by atoms with E-state index in [1.54, 1.807) is 0 Å². The third kappa shape index (κ3) is 2.18. The molecule has 3 aliphatic rings. The summed E-state index contributed by atoms with van der Waals surface area (Å²) in [7, 11) is 0. The molecule has 0 aliphatic heterocycles. The highest BCUT2D eigenvalue weighted by molar-refractivity contribution is 5.74. The van der Waals surface area contributed by atoms with Gasteiger partial charge in [0.1, 0.15) is 0 Å². The summed E-state index contributed by atoms with van der Waals surface area (Å²) in [6, 6.07) is 1.07. The fraction of sp³-hybridized carbons (Fsp3) is 0.933. The molecule has 0 aromatic rings. The molecule has 3 aliphatic carbocycles. The maximum atomic E-state index is 12.2. The SMILES string of the molecule is CCOC(=O)[C@@H]1[C@H]2CC[C@H](C2)[C@@H]1NC1CCCC1. The van der Waals surface area contributed by atoms with Crippen molar-refractivity contribution in [3.8, 4) is 0 Å². The Labute approximate surface area is 110 Å². The van der Waals surface area contributed by atoms with E-state index in [9.17, 15) is 4.79 Å². The van der Waals surface area contributed by atoms with Gasteiger partial charge in [-0.1, -0.05) is 12.8 Å². The molecule has 3 rings (SSSR count). The molecule has 102 valence electrons. The van der Waals surface area contributed by atoms with Gasteiger partial charge in [-0.15, -0.1) is 0 Å². The van der Waals surface area contributed by atoms with E-state index >= 15 is 0 Å². The molecule has 0 heterocycles. The molecule has 0 spiro atoms. The number of esters is 1. The summed E-state index contributed by atoms with van der Waals surface area (Å²) in [6.07, 6.45) is 9.08. The molecule has 3 heteroatoms. The lowest BCUT2D eigenvalue weighted by atomic mass is 9.84. The minimum absolute atomic E-state index is 0.0557. The lowest BCUT2D eigenvalue weighted by Gasteiger charge is -2.32. The van der Waals surface area contributed by atoms with Crippen LogP contribution in [0.15, 0.2) is 0 Å². The summed E-state index contributed by atoms with van der Waals surface area (Å²) < 4.78 is 5.29. The van der Waals surface area contributed by atoms with Gasteiger partial charge in [-0.05, 0) is 50.9 Å². The second-order valence-electron chi connectivity index (χ2n) is 6.28. The van der Waals surface area contributed by atoms with Gasteiger partial charge in [-0.25, -0.2) is 0 Å². The van der Waals surface area contributed by atoms with Crippen LogP contribution in [0, 0.1) is 17.8 Å². The van der Waals surface area contributed by atoms with Crippen LogP contribution in [0.4, 0.5) is 0 Å². The third-order valence-corrected chi connectivity index (χ3v) is 5.26. The van der Waals surface area contributed by atoms with Crippen LogP contribution in [-0.2, 0) is 9.53 Å². The first-order valence-corrected chi connectivity index (χ1v) is 7.72. The van der Waals surface area contributed by atoms with Crippen LogP contribution in [-0.4, -0.2) is 24.7 Å². The zero-order chi connectivity index (χ0) is 12.5. The van der Waals surface area contributed by atoms with Gasteiger partial charge in [0.2, 0.25) is 0 Å². The lowest BCUT2D eigenvalue weighted by Crippen LogP contribution is -2.48. The lowest BCUT2D eigenvalue weighted by molar-refractivity contribution is -0.150. The molecule has 0 unspecified atom stereocenters. The number of fused-ring (bicyclic) bond motifs is 2. The van der Waals surface area contributed by atoms with Gasteiger partial charge in [-0.3, -0.25) is 4.79 Å². The van der Waals surface area contributed by atoms with Crippen molar-refractivity contribution in [2.45, 2.75) is 64.0 Å². The van der Waals surface area contributed by atoms with Crippen molar-refractivity contribution in [2.75, 3.05) is 6.61 Å². The molecule has 3 saturated carbocycles. The quantitative estimate of drug-likeness (QED) is 0.780. The minimum atomic E-state index is 0.0557. The van der Waals surface area contributed by atoms with Crippen LogP contribution in [0.1, 0.15) is 51.9 Å². The number of carbonyl (C=O) groups excluding carboxylic acids is 1. The summed E-state index contributed by atoms with van der Waals surface area (Å²) in [5.41, 5.74) is 0. The Kier molecular flexibility index (Phi) is 3.60. The van der Waals surface area contributed by atoms with E-state index in [2.05, 4.69) is 5.32 Å². The predicted octanol–water partition coefficient (Wildman–Crippen LogP) is 2.50. The van der Waals surface area contributed by atoms with Crippen molar-refractivity contribution in [3.05, 3.63) is 0 Å². The molecule has 2 bridgehead atoms. The molecule has 0 aromatic carbocycles. The predicted molar refractivity (Wildman–Crippen MR) is 70.1 cm³/mol. The number of ether oxygens (including phenoxy) is 1.